The van der Waals surface area contributed by atoms with Crippen LogP contribution in [0.2, 0.25) is 0 Å². The normalized spacial score (nSPS) is 47.2. The van der Waals surface area contributed by atoms with Gasteiger partial charge in [-0.05, 0) is 6.42 Å². The molecule has 0 radical (unpaired) electrons. The number of methoxy groups -OCH3 is 2. The van der Waals surface area contributed by atoms with E-state index in [4.69, 9.17) is 52.1 Å². The molecule has 28 nitrogen and oxygen atoms in total. The molecule has 0 aromatic heterocycles. The van der Waals surface area contributed by atoms with Gasteiger partial charge < -0.3 is 129 Å². The molecule has 25 unspecified atom stereocenters. The third kappa shape index (κ3) is 12.0. The standard InChI is InChI=1S/C39H67NO27/c1-13-16(48)6-39(59-12-46,66-30(13)24(51)17(49)8-42)67-34-23(50)15(7-41)5-18(25(34)52)60-31-19(9-43)61-36(22(26(31)53)40-14(2)47)65-35-29(56)38(63-21(11-45)33(35)57-3)64-32-20(10-44)62-37(58-4)28(55)27(32)54/h12-13,15-38,41-45,48-56H,5-11H2,1-4H3,(H,40,47)/t13?,15?,16?,17-,18?,19?,20?,21?,22?,23?,24?,25?,26?,27?,28?,29?,30?,31?,32?,33?,34?,35?,36?,37?,38?,39?/m0/s1. The van der Waals surface area contributed by atoms with E-state index < -0.39 is 204 Å². The van der Waals surface area contributed by atoms with Gasteiger partial charge in [0.1, 0.15) is 97.6 Å². The Bertz CT molecular complexity index is 1540. The molecule has 1 amide bonds. The summed E-state index contributed by atoms with van der Waals surface area (Å²) in [6.07, 6.45) is -37.9. The number of nitrogens with one attached hydrogen (secondary N) is 1. The summed E-state index contributed by atoms with van der Waals surface area (Å²) in [6, 6.07) is -1.65. The highest BCUT2D eigenvalue weighted by atomic mass is 16.9. The van der Waals surface area contributed by atoms with Crippen LogP contribution in [0.4, 0.5) is 0 Å². The van der Waals surface area contributed by atoms with Crippen molar-refractivity contribution < 1.29 is 133 Å². The average molecular weight is 982 g/mol. The molecular weight excluding hydrogens is 914 g/mol. The van der Waals surface area contributed by atoms with Crippen LogP contribution in [0.15, 0.2) is 0 Å². The van der Waals surface area contributed by atoms with Crippen molar-refractivity contribution in [3.8, 4) is 0 Å². The fourth-order valence-corrected chi connectivity index (χ4v) is 9.17. The maximum absolute atomic E-state index is 12.6. The number of carbonyl (C=O) groups is 2. The second-order valence-corrected chi connectivity index (χ2v) is 17.2. The van der Waals surface area contributed by atoms with Crippen LogP contribution in [0.5, 0.6) is 0 Å². The molecule has 1 aliphatic carbocycles. The Morgan fingerprint density at radius 1 is 0.701 bits per heavy atom. The molecule has 67 heavy (non-hydrogen) atoms. The molecule has 0 aromatic rings. The van der Waals surface area contributed by atoms with Gasteiger partial charge in [0.15, 0.2) is 18.9 Å². The van der Waals surface area contributed by atoms with Crippen molar-refractivity contribution in [3.63, 3.8) is 0 Å². The van der Waals surface area contributed by atoms with E-state index in [0.29, 0.717) is 0 Å². The lowest BCUT2D eigenvalue weighted by molar-refractivity contribution is -0.438. The van der Waals surface area contributed by atoms with E-state index >= 15 is 0 Å². The highest BCUT2D eigenvalue weighted by Crippen LogP contribution is 2.42. The first-order valence-electron chi connectivity index (χ1n) is 21.7. The van der Waals surface area contributed by atoms with Crippen molar-refractivity contribution in [1.82, 2.24) is 5.32 Å². The smallest absolute Gasteiger partial charge is 0.332 e. The van der Waals surface area contributed by atoms with Gasteiger partial charge in [0.05, 0.1) is 57.3 Å². The number of ether oxygens (including phenoxy) is 11. The molecule has 28 heteroatoms. The molecule has 390 valence electrons. The fraction of sp³-hybridized carbons (Fsp3) is 0.949. The molecule has 0 spiro atoms. The van der Waals surface area contributed by atoms with Gasteiger partial charge in [-0.25, -0.2) is 0 Å². The van der Waals surface area contributed by atoms with Crippen molar-refractivity contribution in [2.75, 3.05) is 47.3 Å². The lowest BCUT2D eigenvalue weighted by atomic mass is 9.80. The number of aliphatic hydroxyl groups excluding tert-OH is 14. The molecule has 4 saturated heterocycles. The Balaban J connectivity index is 1.40. The summed E-state index contributed by atoms with van der Waals surface area (Å²) >= 11 is 0. The van der Waals surface area contributed by atoms with Gasteiger partial charge in [-0.1, -0.05) is 6.92 Å². The van der Waals surface area contributed by atoms with E-state index in [1.165, 1.54) is 21.1 Å². The van der Waals surface area contributed by atoms with Crippen molar-refractivity contribution >= 4 is 12.4 Å². The predicted molar refractivity (Wildman–Crippen MR) is 211 cm³/mol. The number of hydrogen-bond donors (Lipinski definition) is 15. The molecule has 15 N–H and O–H groups in total. The molecular formula is C39H67NO27. The third-order valence-corrected chi connectivity index (χ3v) is 12.9. The number of carbonyl (C=O) groups excluding carboxylic acids is 2. The number of aliphatic hydroxyl groups is 14. The summed E-state index contributed by atoms with van der Waals surface area (Å²) < 4.78 is 62.8. The number of amides is 1. The summed E-state index contributed by atoms with van der Waals surface area (Å²) in [5, 5.41) is 153. The Morgan fingerprint density at radius 3 is 1.84 bits per heavy atom. The van der Waals surface area contributed by atoms with Crippen molar-refractivity contribution in [2.45, 2.75) is 174 Å². The van der Waals surface area contributed by atoms with Crippen molar-refractivity contribution in [1.29, 1.82) is 0 Å². The van der Waals surface area contributed by atoms with Crippen LogP contribution in [0.1, 0.15) is 26.7 Å². The lowest BCUT2D eigenvalue weighted by Gasteiger charge is -2.51. The first-order chi connectivity index (χ1) is 31.8. The van der Waals surface area contributed by atoms with Crippen LogP contribution >= 0.6 is 0 Å². The Morgan fingerprint density at radius 2 is 1.28 bits per heavy atom. The zero-order valence-electron chi connectivity index (χ0n) is 37.0. The Labute approximate surface area is 383 Å². The van der Waals surface area contributed by atoms with Crippen LogP contribution in [-0.4, -0.2) is 278 Å². The summed E-state index contributed by atoms with van der Waals surface area (Å²) in [6.45, 7) is -1.87. The third-order valence-electron chi connectivity index (χ3n) is 12.9. The molecule has 4 heterocycles. The summed E-state index contributed by atoms with van der Waals surface area (Å²) in [7, 11) is 2.36. The SMILES string of the molecule is COC1OC(CO)C(OC2OC(CO)C(OC)C(OC3OC(CO)C(OC4CC(CO)C(O)C(OC5(OC=O)CC(O)C(C)C(C(O)[C@@H](O)CO)O5)C4O)C(O)C3NC(C)=O)C2O)C(O)C1O. The van der Waals surface area contributed by atoms with Gasteiger partial charge in [-0.3, -0.25) is 9.59 Å². The molecule has 5 rings (SSSR count). The molecule has 5 fully saturated rings. The van der Waals surface area contributed by atoms with E-state index in [1.54, 1.807) is 0 Å². The molecule has 0 bridgehead atoms. The highest BCUT2D eigenvalue weighted by molar-refractivity contribution is 5.73. The van der Waals surface area contributed by atoms with Crippen LogP contribution < -0.4 is 5.32 Å². The molecule has 4 aliphatic heterocycles. The van der Waals surface area contributed by atoms with Crippen LogP contribution in [-0.2, 0) is 61.7 Å². The quantitative estimate of drug-likeness (QED) is 0.0398. The van der Waals surface area contributed by atoms with E-state index in [-0.39, 0.29) is 12.9 Å². The largest absolute Gasteiger partial charge is 0.410 e. The topological polar surface area (TPSA) is 431 Å². The van der Waals surface area contributed by atoms with Gasteiger partial charge >= 0.3 is 5.97 Å². The minimum atomic E-state index is -2.67. The van der Waals surface area contributed by atoms with Crippen LogP contribution in [0, 0.1) is 11.8 Å². The van der Waals surface area contributed by atoms with Gasteiger partial charge in [0.25, 0.3) is 6.47 Å². The van der Waals surface area contributed by atoms with Gasteiger partial charge in [-0.2, -0.15) is 0 Å². The number of hydrogen-bond acceptors (Lipinski definition) is 27. The average Bonchev–Trinajstić information content (AvgIpc) is 3.31. The second kappa shape index (κ2) is 24.4. The Kier molecular flexibility index (Phi) is 20.4. The van der Waals surface area contributed by atoms with Gasteiger partial charge in [0, 0.05) is 39.6 Å². The zero-order valence-corrected chi connectivity index (χ0v) is 37.0. The minimum absolute atomic E-state index is 0.146. The van der Waals surface area contributed by atoms with Crippen LogP contribution in [0.3, 0.4) is 0 Å². The van der Waals surface area contributed by atoms with Crippen molar-refractivity contribution in [2.24, 2.45) is 11.8 Å². The molecule has 26 atom stereocenters. The first-order valence-corrected chi connectivity index (χ1v) is 21.7. The Hall–Kier alpha value is -2.02. The summed E-state index contributed by atoms with van der Waals surface area (Å²) in [5.41, 5.74) is 0. The maximum Gasteiger partial charge on any atom is 0.332 e. The fourth-order valence-electron chi connectivity index (χ4n) is 9.17. The number of rotatable bonds is 20. The summed E-state index contributed by atoms with van der Waals surface area (Å²) in [5.74, 6) is -5.60. The predicted octanol–water partition coefficient (Wildman–Crippen LogP) is -9.28. The van der Waals surface area contributed by atoms with E-state index in [0.717, 1.165) is 6.92 Å². The monoisotopic (exact) mass is 981 g/mol. The first kappa shape index (κ1) is 55.9. The van der Waals surface area contributed by atoms with E-state index in [2.05, 4.69) is 5.32 Å². The van der Waals surface area contributed by atoms with Gasteiger partial charge in [-0.15, -0.1) is 0 Å². The summed E-state index contributed by atoms with van der Waals surface area (Å²) in [4.78, 5) is 24.4. The zero-order chi connectivity index (χ0) is 49.7. The van der Waals surface area contributed by atoms with E-state index in [1.807, 2.05) is 0 Å². The van der Waals surface area contributed by atoms with Crippen LogP contribution in [0.25, 0.3) is 0 Å². The lowest BCUT2D eigenvalue weighted by Crippen LogP contribution is -2.70. The van der Waals surface area contributed by atoms with Gasteiger partial charge in [0.2, 0.25) is 5.91 Å². The highest BCUT2D eigenvalue weighted by Gasteiger charge is 2.59. The molecule has 1 saturated carbocycles. The molecule has 5 aliphatic rings. The maximum atomic E-state index is 12.6. The molecule has 0 aromatic carbocycles. The second-order valence-electron chi connectivity index (χ2n) is 17.2. The van der Waals surface area contributed by atoms with E-state index in [9.17, 15) is 81.1 Å². The van der Waals surface area contributed by atoms with Crippen molar-refractivity contribution in [3.05, 3.63) is 0 Å². The minimum Gasteiger partial charge on any atom is -0.410 e.